The van der Waals surface area contributed by atoms with E-state index in [-0.39, 0.29) is 5.82 Å². The van der Waals surface area contributed by atoms with Gasteiger partial charge in [0.05, 0.1) is 6.54 Å². The summed E-state index contributed by atoms with van der Waals surface area (Å²) in [6, 6.07) is 4.76. The number of hydrogen-bond donors (Lipinski definition) is 0. The van der Waals surface area contributed by atoms with Crippen LogP contribution in [-0.4, -0.2) is 9.55 Å². The van der Waals surface area contributed by atoms with Crippen molar-refractivity contribution in [2.45, 2.75) is 26.3 Å². The molecule has 90 valence electrons. The molecule has 17 heavy (non-hydrogen) atoms. The first-order chi connectivity index (χ1) is 8.20. The van der Waals surface area contributed by atoms with Crippen molar-refractivity contribution in [3.05, 3.63) is 52.8 Å². The Labute approximate surface area is 105 Å². The van der Waals surface area contributed by atoms with Gasteiger partial charge >= 0.3 is 0 Å². The maximum atomic E-state index is 13.6. The number of benzene rings is 1. The molecule has 0 aliphatic carbocycles. The van der Waals surface area contributed by atoms with Gasteiger partial charge in [-0.2, -0.15) is 0 Å². The Balaban J connectivity index is 2.22. The van der Waals surface area contributed by atoms with Crippen LogP contribution in [0.15, 0.2) is 30.6 Å². The Bertz CT molecular complexity index is 508. The molecule has 0 spiro atoms. The van der Waals surface area contributed by atoms with Gasteiger partial charge in [-0.05, 0) is 18.6 Å². The van der Waals surface area contributed by atoms with E-state index in [9.17, 15) is 4.39 Å². The minimum absolute atomic E-state index is 0.270. The number of hydrogen-bond acceptors (Lipinski definition) is 1. The van der Waals surface area contributed by atoms with Crippen LogP contribution in [0.2, 0.25) is 5.02 Å². The molecule has 1 heterocycles. The molecule has 2 nitrogen and oxygen atoms in total. The topological polar surface area (TPSA) is 17.8 Å². The molecule has 0 bridgehead atoms. The number of aryl methyl sites for hydroxylation is 1. The number of rotatable bonds is 4. The highest BCUT2D eigenvalue weighted by Crippen LogP contribution is 2.16. The monoisotopic (exact) mass is 252 g/mol. The fourth-order valence-corrected chi connectivity index (χ4v) is 1.93. The lowest BCUT2D eigenvalue weighted by atomic mass is 10.2. The lowest BCUT2D eigenvalue weighted by molar-refractivity contribution is 0.593. The first kappa shape index (κ1) is 12.1. The molecule has 2 aromatic rings. The number of halogens is 2. The molecule has 0 aliphatic rings. The van der Waals surface area contributed by atoms with Gasteiger partial charge in [0.2, 0.25) is 0 Å². The maximum Gasteiger partial charge on any atom is 0.129 e. The van der Waals surface area contributed by atoms with E-state index in [4.69, 9.17) is 11.6 Å². The summed E-state index contributed by atoms with van der Waals surface area (Å²) in [6.45, 7) is 2.60. The number of nitrogens with zero attached hydrogens (tertiary/aromatic N) is 2. The Morgan fingerprint density at radius 2 is 2.24 bits per heavy atom. The molecule has 0 fully saturated rings. The van der Waals surface area contributed by atoms with E-state index in [1.54, 1.807) is 18.3 Å². The fourth-order valence-electron chi connectivity index (χ4n) is 1.77. The summed E-state index contributed by atoms with van der Waals surface area (Å²) in [6.07, 6.45) is 5.56. The van der Waals surface area contributed by atoms with Gasteiger partial charge in [-0.3, -0.25) is 0 Å². The predicted molar refractivity (Wildman–Crippen MR) is 66.7 cm³/mol. The van der Waals surface area contributed by atoms with Crippen molar-refractivity contribution in [2.24, 2.45) is 0 Å². The summed E-state index contributed by atoms with van der Waals surface area (Å²) in [5, 5.41) is 0.422. The van der Waals surface area contributed by atoms with Crippen molar-refractivity contribution in [2.75, 3.05) is 0 Å². The zero-order valence-electron chi connectivity index (χ0n) is 9.66. The average molecular weight is 253 g/mol. The van der Waals surface area contributed by atoms with E-state index in [1.165, 1.54) is 6.07 Å². The Morgan fingerprint density at radius 3 is 2.94 bits per heavy atom. The van der Waals surface area contributed by atoms with Gasteiger partial charge in [-0.1, -0.05) is 24.6 Å². The third kappa shape index (κ3) is 2.86. The van der Waals surface area contributed by atoms with Crippen LogP contribution in [-0.2, 0) is 13.0 Å². The molecule has 0 radical (unpaired) electrons. The smallest absolute Gasteiger partial charge is 0.129 e. The van der Waals surface area contributed by atoms with Crippen molar-refractivity contribution < 1.29 is 4.39 Å². The molecule has 2 rings (SSSR count). The van der Waals surface area contributed by atoms with Crippen LogP contribution >= 0.6 is 11.6 Å². The first-order valence-electron chi connectivity index (χ1n) is 5.64. The summed E-state index contributed by atoms with van der Waals surface area (Å²) in [5.41, 5.74) is 0.629. The Hall–Kier alpha value is -1.35. The zero-order valence-corrected chi connectivity index (χ0v) is 10.4. The lowest BCUT2D eigenvalue weighted by Crippen LogP contribution is -2.05. The first-order valence-corrected chi connectivity index (χ1v) is 6.02. The molecule has 0 N–H and O–H groups in total. The third-order valence-corrected chi connectivity index (χ3v) is 2.87. The lowest BCUT2D eigenvalue weighted by Gasteiger charge is -2.08. The van der Waals surface area contributed by atoms with Crippen molar-refractivity contribution in [3.63, 3.8) is 0 Å². The summed E-state index contributed by atoms with van der Waals surface area (Å²) in [5.74, 6) is 0.718. The predicted octanol–water partition coefficient (Wildman–Crippen LogP) is 3.68. The van der Waals surface area contributed by atoms with Crippen molar-refractivity contribution >= 4 is 11.6 Å². The molecule has 0 amide bonds. The zero-order chi connectivity index (χ0) is 12.3. The highest BCUT2D eigenvalue weighted by molar-refractivity contribution is 6.30. The molecular formula is C13H14ClFN2. The molecule has 1 aromatic heterocycles. The summed E-state index contributed by atoms with van der Waals surface area (Å²) >= 11 is 5.72. The van der Waals surface area contributed by atoms with Crippen LogP contribution in [0, 0.1) is 5.82 Å². The SMILES string of the molecule is CCCc1nccn1Cc1ccc(Cl)cc1F. The van der Waals surface area contributed by atoms with Gasteiger partial charge < -0.3 is 4.57 Å². The van der Waals surface area contributed by atoms with E-state index >= 15 is 0 Å². The molecule has 0 saturated heterocycles. The van der Waals surface area contributed by atoms with E-state index < -0.39 is 0 Å². The standard InChI is InChI=1S/C13H14ClFN2/c1-2-3-13-16-6-7-17(13)9-10-4-5-11(14)8-12(10)15/h4-8H,2-3,9H2,1H3. The van der Waals surface area contributed by atoms with Crippen LogP contribution in [0.3, 0.4) is 0 Å². The number of aromatic nitrogens is 2. The van der Waals surface area contributed by atoms with Crippen LogP contribution in [0.25, 0.3) is 0 Å². The number of imidazole rings is 1. The molecule has 0 saturated carbocycles. The van der Waals surface area contributed by atoms with E-state index in [0.29, 0.717) is 17.1 Å². The van der Waals surface area contributed by atoms with Crippen LogP contribution in [0.5, 0.6) is 0 Å². The third-order valence-electron chi connectivity index (χ3n) is 2.63. The fraction of sp³-hybridized carbons (Fsp3) is 0.308. The Kier molecular flexibility index (Phi) is 3.79. The van der Waals surface area contributed by atoms with Gasteiger partial charge in [-0.15, -0.1) is 0 Å². The second-order valence-corrected chi connectivity index (χ2v) is 4.39. The van der Waals surface area contributed by atoms with E-state index in [2.05, 4.69) is 11.9 Å². The summed E-state index contributed by atoms with van der Waals surface area (Å²) < 4.78 is 15.6. The molecular weight excluding hydrogens is 239 g/mol. The summed E-state index contributed by atoms with van der Waals surface area (Å²) in [7, 11) is 0. The minimum Gasteiger partial charge on any atom is -0.330 e. The van der Waals surface area contributed by atoms with Crippen LogP contribution in [0.1, 0.15) is 24.7 Å². The van der Waals surface area contributed by atoms with Gasteiger partial charge in [0.25, 0.3) is 0 Å². The van der Waals surface area contributed by atoms with Gasteiger partial charge in [0, 0.05) is 29.4 Å². The normalized spacial score (nSPS) is 10.8. The molecule has 0 aliphatic heterocycles. The van der Waals surface area contributed by atoms with Crippen molar-refractivity contribution in [1.82, 2.24) is 9.55 Å². The van der Waals surface area contributed by atoms with E-state index in [0.717, 1.165) is 18.7 Å². The highest BCUT2D eigenvalue weighted by Gasteiger charge is 2.06. The van der Waals surface area contributed by atoms with Crippen molar-refractivity contribution in [3.8, 4) is 0 Å². The summed E-state index contributed by atoms with van der Waals surface area (Å²) in [4.78, 5) is 4.26. The largest absolute Gasteiger partial charge is 0.330 e. The average Bonchev–Trinajstić information content (AvgIpc) is 2.71. The molecule has 1 aromatic carbocycles. The van der Waals surface area contributed by atoms with Gasteiger partial charge in [-0.25, -0.2) is 9.37 Å². The van der Waals surface area contributed by atoms with Crippen LogP contribution in [0.4, 0.5) is 4.39 Å². The highest BCUT2D eigenvalue weighted by atomic mass is 35.5. The second-order valence-electron chi connectivity index (χ2n) is 3.96. The van der Waals surface area contributed by atoms with Crippen LogP contribution < -0.4 is 0 Å². The quantitative estimate of drug-likeness (QED) is 0.812. The van der Waals surface area contributed by atoms with Gasteiger partial charge in [0.1, 0.15) is 11.6 Å². The Morgan fingerprint density at radius 1 is 1.41 bits per heavy atom. The maximum absolute atomic E-state index is 13.6. The van der Waals surface area contributed by atoms with Crippen molar-refractivity contribution in [1.29, 1.82) is 0 Å². The van der Waals surface area contributed by atoms with E-state index in [1.807, 2.05) is 10.8 Å². The molecule has 0 unspecified atom stereocenters. The molecule has 4 heteroatoms. The minimum atomic E-state index is -0.270. The molecule has 0 atom stereocenters. The second kappa shape index (κ2) is 5.32. The van der Waals surface area contributed by atoms with Gasteiger partial charge in [0.15, 0.2) is 0 Å².